The van der Waals surface area contributed by atoms with E-state index in [0.29, 0.717) is 12.4 Å². The number of aromatic nitrogens is 3. The number of nitro groups is 1. The first-order valence-corrected chi connectivity index (χ1v) is 7.77. The van der Waals surface area contributed by atoms with E-state index in [9.17, 15) is 10.1 Å². The summed E-state index contributed by atoms with van der Waals surface area (Å²) in [6.07, 6.45) is 3.43. The van der Waals surface area contributed by atoms with Gasteiger partial charge >= 0.3 is 0 Å². The van der Waals surface area contributed by atoms with E-state index in [2.05, 4.69) is 20.3 Å². The third-order valence-corrected chi connectivity index (χ3v) is 3.92. The summed E-state index contributed by atoms with van der Waals surface area (Å²) in [5, 5.41) is 14.0. The summed E-state index contributed by atoms with van der Waals surface area (Å²) in [7, 11) is 0. The number of nitrogens with one attached hydrogen (secondary N) is 1. The van der Waals surface area contributed by atoms with Crippen LogP contribution in [-0.4, -0.2) is 19.9 Å². The van der Waals surface area contributed by atoms with Crippen LogP contribution < -0.4 is 5.32 Å². The topological polar surface area (TPSA) is 93.8 Å². The van der Waals surface area contributed by atoms with Gasteiger partial charge in [-0.05, 0) is 31.5 Å². The molecule has 0 fully saturated rings. The molecule has 0 radical (unpaired) electrons. The molecule has 2 heterocycles. The van der Waals surface area contributed by atoms with E-state index >= 15 is 0 Å². The summed E-state index contributed by atoms with van der Waals surface area (Å²) in [5.41, 5.74) is 3.72. The fourth-order valence-corrected chi connectivity index (χ4v) is 2.35. The van der Waals surface area contributed by atoms with Crippen LogP contribution in [-0.2, 0) is 6.54 Å². The van der Waals surface area contributed by atoms with Crippen molar-refractivity contribution in [1.29, 1.82) is 0 Å². The average molecular weight is 335 g/mol. The summed E-state index contributed by atoms with van der Waals surface area (Å²) < 4.78 is 0. The Morgan fingerprint density at radius 1 is 1.12 bits per heavy atom. The first kappa shape index (κ1) is 16.5. The van der Waals surface area contributed by atoms with Crippen molar-refractivity contribution in [2.24, 2.45) is 0 Å². The third kappa shape index (κ3) is 3.77. The van der Waals surface area contributed by atoms with E-state index in [-0.39, 0.29) is 5.69 Å². The molecule has 3 rings (SSSR count). The zero-order valence-corrected chi connectivity index (χ0v) is 13.9. The number of benzene rings is 1. The molecule has 0 aliphatic carbocycles. The highest BCUT2D eigenvalue weighted by atomic mass is 16.6. The maximum absolute atomic E-state index is 10.7. The van der Waals surface area contributed by atoms with E-state index in [1.165, 1.54) is 12.1 Å². The molecule has 126 valence electrons. The van der Waals surface area contributed by atoms with Gasteiger partial charge in [-0.25, -0.2) is 9.97 Å². The van der Waals surface area contributed by atoms with Gasteiger partial charge in [0.05, 0.1) is 4.92 Å². The van der Waals surface area contributed by atoms with Gasteiger partial charge in [-0.3, -0.25) is 15.1 Å². The van der Waals surface area contributed by atoms with Gasteiger partial charge in [0.2, 0.25) is 0 Å². The van der Waals surface area contributed by atoms with Crippen LogP contribution in [0.2, 0.25) is 0 Å². The van der Waals surface area contributed by atoms with Crippen molar-refractivity contribution in [2.45, 2.75) is 20.4 Å². The van der Waals surface area contributed by atoms with Gasteiger partial charge in [-0.15, -0.1) is 0 Å². The monoisotopic (exact) mass is 335 g/mol. The summed E-state index contributed by atoms with van der Waals surface area (Å²) in [4.78, 5) is 23.5. The van der Waals surface area contributed by atoms with Gasteiger partial charge in [-0.2, -0.15) is 0 Å². The molecule has 1 aromatic carbocycles. The highest BCUT2D eigenvalue weighted by molar-refractivity contribution is 5.58. The standard InChI is InChI=1S/C18H17N5O2/c1-12-13(2)21-18(15-4-3-9-19-11-15)22-17(12)20-10-14-5-7-16(8-6-14)23(24)25/h3-9,11H,10H2,1-2H3,(H,20,21,22). The molecule has 25 heavy (non-hydrogen) atoms. The Bertz CT molecular complexity index is 895. The molecule has 0 bridgehead atoms. The first-order chi connectivity index (χ1) is 12.0. The SMILES string of the molecule is Cc1nc(-c2cccnc2)nc(NCc2ccc([N+](=O)[O-])cc2)c1C. The van der Waals surface area contributed by atoms with Crippen LogP contribution in [0.3, 0.4) is 0 Å². The lowest BCUT2D eigenvalue weighted by Gasteiger charge is -2.12. The van der Waals surface area contributed by atoms with E-state index in [1.807, 2.05) is 26.0 Å². The number of non-ortho nitro benzene ring substituents is 1. The minimum absolute atomic E-state index is 0.0803. The van der Waals surface area contributed by atoms with Crippen molar-refractivity contribution >= 4 is 11.5 Å². The van der Waals surface area contributed by atoms with Gasteiger partial charge in [0, 0.05) is 47.9 Å². The van der Waals surface area contributed by atoms with Crippen molar-refractivity contribution in [1.82, 2.24) is 15.0 Å². The van der Waals surface area contributed by atoms with Crippen molar-refractivity contribution < 1.29 is 4.92 Å². The summed E-state index contributed by atoms with van der Waals surface area (Å²) in [6.45, 7) is 4.41. The number of hydrogen-bond acceptors (Lipinski definition) is 6. The zero-order valence-electron chi connectivity index (χ0n) is 13.9. The Hall–Kier alpha value is -3.35. The molecule has 7 nitrogen and oxygen atoms in total. The molecule has 0 atom stereocenters. The third-order valence-electron chi connectivity index (χ3n) is 3.92. The Balaban J connectivity index is 1.82. The maximum Gasteiger partial charge on any atom is 0.269 e. The molecule has 1 N–H and O–H groups in total. The maximum atomic E-state index is 10.7. The number of pyridine rings is 1. The molecule has 7 heteroatoms. The van der Waals surface area contributed by atoms with Crippen LogP contribution in [0.15, 0.2) is 48.8 Å². The second kappa shape index (κ2) is 7.04. The molecular formula is C18H17N5O2. The highest BCUT2D eigenvalue weighted by Gasteiger charge is 2.10. The molecule has 0 aliphatic rings. The fraction of sp³-hybridized carbons (Fsp3) is 0.167. The number of hydrogen-bond donors (Lipinski definition) is 1. The van der Waals surface area contributed by atoms with E-state index in [0.717, 1.165) is 28.2 Å². The Labute approximate surface area is 145 Å². The molecule has 0 unspecified atom stereocenters. The Morgan fingerprint density at radius 2 is 1.88 bits per heavy atom. The summed E-state index contributed by atoms with van der Waals surface area (Å²) in [6, 6.07) is 10.2. The largest absolute Gasteiger partial charge is 0.366 e. The lowest BCUT2D eigenvalue weighted by molar-refractivity contribution is -0.384. The molecule has 3 aromatic rings. The normalized spacial score (nSPS) is 10.5. The second-order valence-electron chi connectivity index (χ2n) is 5.63. The van der Waals surface area contributed by atoms with E-state index in [1.54, 1.807) is 24.5 Å². The number of anilines is 1. The second-order valence-corrected chi connectivity index (χ2v) is 5.63. The zero-order chi connectivity index (χ0) is 17.8. The van der Waals surface area contributed by atoms with Crippen molar-refractivity contribution in [3.8, 4) is 11.4 Å². The summed E-state index contributed by atoms with van der Waals surface area (Å²) >= 11 is 0. The van der Waals surface area contributed by atoms with Crippen LogP contribution in [0.5, 0.6) is 0 Å². The van der Waals surface area contributed by atoms with E-state index < -0.39 is 4.92 Å². The van der Waals surface area contributed by atoms with Gasteiger partial charge < -0.3 is 5.32 Å². The van der Waals surface area contributed by atoms with Crippen LogP contribution in [0.1, 0.15) is 16.8 Å². The Kier molecular flexibility index (Phi) is 4.65. The molecule has 0 saturated carbocycles. The molecule has 0 spiro atoms. The number of nitrogens with zero attached hydrogens (tertiary/aromatic N) is 4. The number of rotatable bonds is 5. The van der Waals surface area contributed by atoms with Crippen molar-refractivity contribution in [3.63, 3.8) is 0 Å². The van der Waals surface area contributed by atoms with Crippen LogP contribution in [0, 0.1) is 24.0 Å². The average Bonchev–Trinajstić information content (AvgIpc) is 2.64. The number of aryl methyl sites for hydroxylation is 1. The van der Waals surface area contributed by atoms with Crippen LogP contribution in [0.4, 0.5) is 11.5 Å². The van der Waals surface area contributed by atoms with Crippen molar-refractivity contribution in [3.05, 3.63) is 75.7 Å². The molecule has 0 saturated heterocycles. The number of nitro benzene ring substituents is 1. The minimum Gasteiger partial charge on any atom is -0.366 e. The molecule has 0 aliphatic heterocycles. The van der Waals surface area contributed by atoms with Crippen LogP contribution >= 0.6 is 0 Å². The molecular weight excluding hydrogens is 318 g/mol. The van der Waals surface area contributed by atoms with Crippen LogP contribution in [0.25, 0.3) is 11.4 Å². The lowest BCUT2D eigenvalue weighted by Crippen LogP contribution is -2.07. The van der Waals surface area contributed by atoms with Gasteiger partial charge in [0.15, 0.2) is 5.82 Å². The predicted octanol–water partition coefficient (Wildman–Crippen LogP) is 3.68. The van der Waals surface area contributed by atoms with Gasteiger partial charge in [0.25, 0.3) is 5.69 Å². The fourth-order valence-electron chi connectivity index (χ4n) is 2.35. The minimum atomic E-state index is -0.407. The predicted molar refractivity (Wildman–Crippen MR) is 95.2 cm³/mol. The molecule has 2 aromatic heterocycles. The summed E-state index contributed by atoms with van der Waals surface area (Å²) in [5.74, 6) is 1.35. The van der Waals surface area contributed by atoms with E-state index in [4.69, 9.17) is 0 Å². The van der Waals surface area contributed by atoms with Gasteiger partial charge in [-0.1, -0.05) is 12.1 Å². The lowest BCUT2D eigenvalue weighted by atomic mass is 10.2. The van der Waals surface area contributed by atoms with Gasteiger partial charge in [0.1, 0.15) is 5.82 Å². The first-order valence-electron chi connectivity index (χ1n) is 7.77. The van der Waals surface area contributed by atoms with Crippen molar-refractivity contribution in [2.75, 3.05) is 5.32 Å². The smallest absolute Gasteiger partial charge is 0.269 e. The Morgan fingerprint density at radius 3 is 2.52 bits per heavy atom. The molecule has 0 amide bonds. The quantitative estimate of drug-likeness (QED) is 0.565. The highest BCUT2D eigenvalue weighted by Crippen LogP contribution is 2.22.